The third-order valence-corrected chi connectivity index (χ3v) is 2.69. The SMILES string of the molecule is OC1(C#CC#Cc2ccc3[nH]ncc3c2)COC1. The second kappa shape index (κ2) is 4.19. The molecule has 0 radical (unpaired) electrons. The number of hydrogen-bond acceptors (Lipinski definition) is 3. The van der Waals surface area contributed by atoms with E-state index in [0.29, 0.717) is 0 Å². The normalized spacial score (nSPS) is 16.1. The molecule has 18 heavy (non-hydrogen) atoms. The largest absolute Gasteiger partial charge is 0.373 e. The Bertz CT molecular complexity index is 706. The molecule has 3 rings (SSSR count). The Morgan fingerprint density at radius 3 is 3.00 bits per heavy atom. The van der Waals surface area contributed by atoms with Crippen LogP contribution < -0.4 is 0 Å². The van der Waals surface area contributed by atoms with E-state index in [2.05, 4.69) is 33.9 Å². The second-order valence-corrected chi connectivity index (χ2v) is 4.20. The number of ether oxygens (including phenoxy) is 1. The van der Waals surface area contributed by atoms with Crippen LogP contribution in [-0.4, -0.2) is 34.1 Å². The van der Waals surface area contributed by atoms with Gasteiger partial charge in [0, 0.05) is 10.9 Å². The van der Waals surface area contributed by atoms with Crippen molar-refractivity contribution in [2.24, 2.45) is 0 Å². The summed E-state index contributed by atoms with van der Waals surface area (Å²) in [6, 6.07) is 5.76. The summed E-state index contributed by atoms with van der Waals surface area (Å²) in [5.41, 5.74) is 0.853. The molecule has 4 heteroatoms. The molecular weight excluding hydrogens is 228 g/mol. The van der Waals surface area contributed by atoms with Crippen LogP contribution in [0.15, 0.2) is 24.4 Å². The number of rotatable bonds is 0. The fourth-order valence-electron chi connectivity index (χ4n) is 1.64. The lowest BCUT2D eigenvalue weighted by atomic mass is 10.0. The van der Waals surface area contributed by atoms with Crippen LogP contribution in [0.4, 0.5) is 0 Å². The number of nitrogens with zero attached hydrogens (tertiary/aromatic N) is 1. The van der Waals surface area contributed by atoms with Gasteiger partial charge in [-0.25, -0.2) is 0 Å². The van der Waals surface area contributed by atoms with Crippen molar-refractivity contribution >= 4 is 10.9 Å². The van der Waals surface area contributed by atoms with Gasteiger partial charge in [-0.15, -0.1) is 0 Å². The zero-order chi connectivity index (χ0) is 12.4. The molecule has 1 aliphatic rings. The Morgan fingerprint density at radius 1 is 1.33 bits per heavy atom. The van der Waals surface area contributed by atoms with Crippen LogP contribution in [0.1, 0.15) is 5.56 Å². The molecule has 1 fully saturated rings. The molecular formula is C14H10N2O2. The molecule has 88 valence electrons. The summed E-state index contributed by atoms with van der Waals surface area (Å²) in [7, 11) is 0. The highest BCUT2D eigenvalue weighted by Crippen LogP contribution is 2.14. The number of fused-ring (bicyclic) bond motifs is 1. The van der Waals surface area contributed by atoms with Crippen molar-refractivity contribution in [1.82, 2.24) is 10.2 Å². The molecule has 2 heterocycles. The number of hydrogen-bond donors (Lipinski definition) is 2. The maximum Gasteiger partial charge on any atom is 0.172 e. The number of aromatic amines is 1. The second-order valence-electron chi connectivity index (χ2n) is 4.20. The monoisotopic (exact) mass is 238 g/mol. The summed E-state index contributed by atoms with van der Waals surface area (Å²) < 4.78 is 4.88. The van der Waals surface area contributed by atoms with Crippen LogP contribution in [0, 0.1) is 23.7 Å². The van der Waals surface area contributed by atoms with Gasteiger partial charge in [0.2, 0.25) is 0 Å². The van der Waals surface area contributed by atoms with Gasteiger partial charge in [0.05, 0.1) is 24.9 Å². The molecule has 0 bridgehead atoms. The molecule has 0 saturated carbocycles. The first-order chi connectivity index (χ1) is 8.75. The third-order valence-electron chi connectivity index (χ3n) is 2.69. The zero-order valence-electron chi connectivity index (χ0n) is 9.53. The fraction of sp³-hybridized carbons (Fsp3) is 0.214. The van der Waals surface area contributed by atoms with E-state index >= 15 is 0 Å². The van der Waals surface area contributed by atoms with E-state index in [1.165, 1.54) is 0 Å². The summed E-state index contributed by atoms with van der Waals surface area (Å²) in [5.74, 6) is 11.0. The Morgan fingerprint density at radius 2 is 2.22 bits per heavy atom. The highest BCUT2D eigenvalue weighted by atomic mass is 16.5. The smallest absolute Gasteiger partial charge is 0.172 e. The van der Waals surface area contributed by atoms with Gasteiger partial charge < -0.3 is 9.84 Å². The first kappa shape index (κ1) is 10.9. The molecule has 0 spiro atoms. The van der Waals surface area contributed by atoms with E-state index in [9.17, 15) is 5.11 Å². The number of H-pyrrole nitrogens is 1. The highest BCUT2D eigenvalue weighted by Gasteiger charge is 2.33. The minimum absolute atomic E-state index is 0.267. The van der Waals surface area contributed by atoms with Crippen LogP contribution in [0.2, 0.25) is 0 Å². The van der Waals surface area contributed by atoms with E-state index in [1.54, 1.807) is 6.20 Å². The molecule has 2 N–H and O–H groups in total. The molecule has 0 aliphatic carbocycles. The molecule has 0 amide bonds. The van der Waals surface area contributed by atoms with E-state index in [0.717, 1.165) is 16.5 Å². The van der Waals surface area contributed by atoms with Gasteiger partial charge in [0.25, 0.3) is 0 Å². The highest BCUT2D eigenvalue weighted by molar-refractivity contribution is 5.79. The summed E-state index contributed by atoms with van der Waals surface area (Å²) in [6.07, 6.45) is 1.75. The summed E-state index contributed by atoms with van der Waals surface area (Å²) in [6.45, 7) is 0.533. The standard InChI is InChI=1S/C14H10N2O2/c17-14(9-18-10-14)6-2-1-3-11-4-5-13-12(7-11)8-15-16-13/h4-5,7-8,17H,9-10H2,(H,15,16). The Kier molecular flexibility index (Phi) is 2.53. The lowest BCUT2D eigenvalue weighted by molar-refractivity contribution is -0.140. The third kappa shape index (κ3) is 2.08. The number of aliphatic hydroxyl groups is 1. The molecule has 4 nitrogen and oxygen atoms in total. The zero-order valence-corrected chi connectivity index (χ0v) is 9.53. The minimum atomic E-state index is -0.997. The predicted octanol–water partition coefficient (Wildman–Crippen LogP) is 0.679. The molecule has 1 aromatic carbocycles. The molecule has 0 atom stereocenters. The summed E-state index contributed by atoms with van der Waals surface area (Å²) in [4.78, 5) is 0. The molecule has 2 aromatic rings. The van der Waals surface area contributed by atoms with Crippen molar-refractivity contribution in [1.29, 1.82) is 0 Å². The van der Waals surface area contributed by atoms with Crippen LogP contribution in [0.5, 0.6) is 0 Å². The maximum absolute atomic E-state index is 9.64. The van der Waals surface area contributed by atoms with Gasteiger partial charge >= 0.3 is 0 Å². The van der Waals surface area contributed by atoms with Crippen molar-refractivity contribution in [2.45, 2.75) is 5.60 Å². The van der Waals surface area contributed by atoms with Gasteiger partial charge in [-0.3, -0.25) is 5.10 Å². The Hall–Kier alpha value is -2.27. The van der Waals surface area contributed by atoms with Crippen molar-refractivity contribution in [3.05, 3.63) is 30.0 Å². The van der Waals surface area contributed by atoms with Gasteiger partial charge in [-0.2, -0.15) is 5.10 Å². The molecule has 0 unspecified atom stereocenters. The molecule has 1 aromatic heterocycles. The van der Waals surface area contributed by atoms with Gasteiger partial charge in [-0.1, -0.05) is 5.92 Å². The van der Waals surface area contributed by atoms with Crippen LogP contribution in [0.25, 0.3) is 10.9 Å². The first-order valence-electron chi connectivity index (χ1n) is 5.52. The summed E-state index contributed by atoms with van der Waals surface area (Å²) in [5, 5.41) is 17.5. The predicted molar refractivity (Wildman–Crippen MR) is 66.5 cm³/mol. The Balaban J connectivity index is 1.79. The van der Waals surface area contributed by atoms with E-state index in [4.69, 9.17) is 4.74 Å². The van der Waals surface area contributed by atoms with Crippen molar-refractivity contribution in [3.8, 4) is 23.7 Å². The quantitative estimate of drug-likeness (QED) is 0.663. The lowest BCUT2D eigenvalue weighted by Crippen LogP contribution is -2.48. The first-order valence-corrected chi connectivity index (χ1v) is 5.52. The van der Waals surface area contributed by atoms with E-state index in [1.807, 2.05) is 18.2 Å². The molecule has 1 saturated heterocycles. The fourth-order valence-corrected chi connectivity index (χ4v) is 1.64. The topological polar surface area (TPSA) is 58.1 Å². The van der Waals surface area contributed by atoms with Crippen LogP contribution in [-0.2, 0) is 4.74 Å². The maximum atomic E-state index is 9.64. The van der Waals surface area contributed by atoms with Gasteiger partial charge in [-0.05, 0) is 36.0 Å². The van der Waals surface area contributed by atoms with Crippen molar-refractivity contribution in [3.63, 3.8) is 0 Å². The van der Waals surface area contributed by atoms with Gasteiger partial charge in [0.15, 0.2) is 5.60 Å². The van der Waals surface area contributed by atoms with Gasteiger partial charge in [0.1, 0.15) is 0 Å². The Labute approximate surface area is 104 Å². The van der Waals surface area contributed by atoms with E-state index < -0.39 is 5.60 Å². The summed E-state index contributed by atoms with van der Waals surface area (Å²) >= 11 is 0. The van der Waals surface area contributed by atoms with Crippen molar-refractivity contribution in [2.75, 3.05) is 13.2 Å². The average Bonchev–Trinajstić information content (AvgIpc) is 2.79. The number of aromatic nitrogens is 2. The van der Waals surface area contributed by atoms with Crippen LogP contribution >= 0.6 is 0 Å². The minimum Gasteiger partial charge on any atom is -0.373 e. The van der Waals surface area contributed by atoms with Crippen molar-refractivity contribution < 1.29 is 9.84 Å². The average molecular weight is 238 g/mol. The number of benzene rings is 1. The lowest BCUT2D eigenvalue weighted by Gasteiger charge is -2.30. The molecule has 1 aliphatic heterocycles. The number of nitrogens with one attached hydrogen (secondary N) is 1. The van der Waals surface area contributed by atoms with Crippen LogP contribution in [0.3, 0.4) is 0 Å². The van der Waals surface area contributed by atoms with E-state index in [-0.39, 0.29) is 13.2 Å².